The first-order chi connectivity index (χ1) is 33.9. The van der Waals surface area contributed by atoms with Crippen LogP contribution in [0.15, 0.2) is 182 Å². The van der Waals surface area contributed by atoms with Crippen LogP contribution >= 0.6 is 0 Å². The molecule has 4 aromatic heterocycles. The maximum atomic E-state index is 2.64. The lowest BCUT2D eigenvalue weighted by molar-refractivity contribution is 0.594. The Labute approximate surface area is 410 Å². The van der Waals surface area contributed by atoms with E-state index in [-0.39, 0.29) is 10.8 Å². The maximum Gasteiger partial charge on any atom is 0.0641 e. The van der Waals surface area contributed by atoms with Crippen molar-refractivity contribution in [2.75, 3.05) is 9.80 Å². The summed E-state index contributed by atoms with van der Waals surface area (Å²) in [5, 5.41) is 10.2. The number of rotatable bonds is 8. The summed E-state index contributed by atoms with van der Waals surface area (Å²) in [5.74, 6) is 0. The highest BCUT2D eigenvalue weighted by Crippen LogP contribution is 2.53. The van der Waals surface area contributed by atoms with Crippen molar-refractivity contribution in [3.63, 3.8) is 0 Å². The number of benzene rings is 9. The van der Waals surface area contributed by atoms with Crippen LogP contribution in [0.4, 0.5) is 34.1 Å². The molecule has 0 N–H and O–H groups in total. The summed E-state index contributed by atoms with van der Waals surface area (Å²) in [6.45, 7) is 18.6. The Balaban J connectivity index is 1.17. The second kappa shape index (κ2) is 15.3. The molecule has 4 nitrogen and oxygen atoms in total. The summed E-state index contributed by atoms with van der Waals surface area (Å²) in [4.78, 5) is 4.94. The molecule has 0 spiro atoms. The van der Waals surface area contributed by atoms with Crippen LogP contribution in [-0.2, 0) is 23.7 Å². The minimum Gasteiger partial charge on any atom is -0.310 e. The van der Waals surface area contributed by atoms with Crippen LogP contribution in [0.2, 0.25) is 0 Å². The molecule has 0 unspecified atom stereocenters. The number of aryl methyl sites for hydroxylation is 2. The van der Waals surface area contributed by atoms with Crippen molar-refractivity contribution in [2.45, 2.75) is 79.1 Å². The third-order valence-corrected chi connectivity index (χ3v) is 15.3. The Kier molecular flexibility index (Phi) is 9.27. The standard InChI is InChI=1S/C66H58N4/c1-9-41-27-31-45(32-28-41)67(43-19-13-11-14-20-43)55-37-35-47-51-39-58-52(40-57(51)69-61-49(59(55)63(47)69)23-17-25-53(61)65(3,4)5)48-36-38-56(60-50-24-18-26-54(66(6,7)8)62(50)70(58)64(48)60)68(44-21-15-12-16-22-44)46-33-29-42(10-2)30-34-46/h11-40H,9-10H2,1-8H3. The molecule has 13 aromatic rings. The number of para-hydroxylation sites is 4. The molecular formula is C66H58N4. The molecular weight excluding hydrogens is 849 g/mol. The van der Waals surface area contributed by atoms with Crippen LogP contribution in [-0.4, -0.2) is 8.80 Å². The molecule has 0 aliphatic carbocycles. The summed E-state index contributed by atoms with van der Waals surface area (Å²) < 4.78 is 5.27. The van der Waals surface area contributed by atoms with E-state index in [4.69, 9.17) is 0 Å². The van der Waals surface area contributed by atoms with Gasteiger partial charge < -0.3 is 18.6 Å². The second-order valence-corrected chi connectivity index (χ2v) is 21.6. The molecule has 0 atom stereocenters. The van der Waals surface area contributed by atoms with Crippen LogP contribution in [0.3, 0.4) is 0 Å². The first kappa shape index (κ1) is 42.3. The average molecular weight is 907 g/mol. The molecule has 9 aromatic carbocycles. The number of anilines is 6. The molecule has 0 aliphatic rings. The summed E-state index contributed by atoms with van der Waals surface area (Å²) in [5.41, 5.74) is 19.7. The second-order valence-electron chi connectivity index (χ2n) is 21.6. The molecule has 0 aliphatic heterocycles. The third kappa shape index (κ3) is 6.08. The normalized spacial score (nSPS) is 12.7. The van der Waals surface area contributed by atoms with Gasteiger partial charge in [-0.15, -0.1) is 0 Å². The van der Waals surface area contributed by atoms with Gasteiger partial charge in [-0.1, -0.05) is 165 Å². The molecule has 0 amide bonds. The largest absolute Gasteiger partial charge is 0.310 e. The van der Waals surface area contributed by atoms with E-state index in [0.29, 0.717) is 0 Å². The molecule has 0 saturated heterocycles. The van der Waals surface area contributed by atoms with Crippen molar-refractivity contribution in [1.29, 1.82) is 0 Å². The zero-order valence-electron chi connectivity index (χ0n) is 41.5. The monoisotopic (exact) mass is 906 g/mol. The zero-order valence-corrected chi connectivity index (χ0v) is 41.5. The number of fused-ring (bicyclic) bond motifs is 12. The highest BCUT2D eigenvalue weighted by Gasteiger charge is 2.31. The third-order valence-electron chi connectivity index (χ3n) is 15.3. The van der Waals surface area contributed by atoms with Gasteiger partial charge in [0.15, 0.2) is 0 Å². The molecule has 70 heavy (non-hydrogen) atoms. The van der Waals surface area contributed by atoms with Crippen LogP contribution < -0.4 is 9.80 Å². The average Bonchev–Trinajstić information content (AvgIpc) is 4.10. The summed E-state index contributed by atoms with van der Waals surface area (Å²) in [6.07, 6.45) is 2.01. The topological polar surface area (TPSA) is 15.3 Å². The van der Waals surface area contributed by atoms with Crippen molar-refractivity contribution < 1.29 is 0 Å². The lowest BCUT2D eigenvalue weighted by Gasteiger charge is -2.27. The highest BCUT2D eigenvalue weighted by molar-refractivity contribution is 6.32. The fourth-order valence-corrected chi connectivity index (χ4v) is 12.0. The molecule has 342 valence electrons. The van der Waals surface area contributed by atoms with Gasteiger partial charge in [-0.25, -0.2) is 0 Å². The molecule has 0 fully saturated rings. The number of hydrogen-bond donors (Lipinski definition) is 0. The van der Waals surface area contributed by atoms with E-state index in [2.05, 4.69) is 256 Å². The van der Waals surface area contributed by atoms with E-state index in [1.165, 1.54) is 110 Å². The Morgan fingerprint density at radius 3 is 1.07 bits per heavy atom. The van der Waals surface area contributed by atoms with Crippen LogP contribution in [0.5, 0.6) is 0 Å². The minimum atomic E-state index is -0.105. The van der Waals surface area contributed by atoms with Gasteiger partial charge in [0.05, 0.1) is 44.5 Å². The Bertz CT molecular complexity index is 3850. The predicted octanol–water partition coefficient (Wildman–Crippen LogP) is 18.6. The number of nitrogens with zero attached hydrogens (tertiary/aromatic N) is 4. The maximum absolute atomic E-state index is 2.64. The Hall–Kier alpha value is -7.82. The van der Waals surface area contributed by atoms with Crippen molar-refractivity contribution >= 4 is 110 Å². The van der Waals surface area contributed by atoms with Gasteiger partial charge >= 0.3 is 0 Å². The Morgan fingerprint density at radius 2 is 0.714 bits per heavy atom. The van der Waals surface area contributed by atoms with E-state index in [1.807, 2.05) is 0 Å². The fraction of sp³-hybridized carbons (Fsp3) is 0.182. The van der Waals surface area contributed by atoms with Gasteiger partial charge in [0, 0.05) is 65.8 Å². The van der Waals surface area contributed by atoms with E-state index in [9.17, 15) is 0 Å². The molecule has 4 heterocycles. The first-order valence-corrected chi connectivity index (χ1v) is 25.2. The van der Waals surface area contributed by atoms with E-state index in [0.717, 1.165) is 35.6 Å². The summed E-state index contributed by atoms with van der Waals surface area (Å²) in [7, 11) is 0. The summed E-state index contributed by atoms with van der Waals surface area (Å²) in [6, 6.07) is 68.8. The molecule has 0 saturated carbocycles. The smallest absolute Gasteiger partial charge is 0.0641 e. The van der Waals surface area contributed by atoms with Crippen LogP contribution in [0.25, 0.3) is 76.2 Å². The zero-order chi connectivity index (χ0) is 47.8. The lowest BCUT2D eigenvalue weighted by Crippen LogP contribution is -2.12. The first-order valence-electron chi connectivity index (χ1n) is 25.2. The van der Waals surface area contributed by atoms with Crippen LogP contribution in [0.1, 0.15) is 77.6 Å². The van der Waals surface area contributed by atoms with Gasteiger partial charge in [0.25, 0.3) is 0 Å². The van der Waals surface area contributed by atoms with Crippen molar-refractivity contribution in [2.24, 2.45) is 0 Å². The van der Waals surface area contributed by atoms with Gasteiger partial charge in [0.1, 0.15) is 0 Å². The van der Waals surface area contributed by atoms with Gasteiger partial charge in [-0.05, 0) is 119 Å². The van der Waals surface area contributed by atoms with Gasteiger partial charge in [-0.2, -0.15) is 0 Å². The molecule has 0 radical (unpaired) electrons. The van der Waals surface area contributed by atoms with Crippen molar-refractivity contribution in [1.82, 2.24) is 8.80 Å². The van der Waals surface area contributed by atoms with Gasteiger partial charge in [0.2, 0.25) is 0 Å². The molecule has 13 rings (SSSR count). The van der Waals surface area contributed by atoms with E-state index >= 15 is 0 Å². The quantitative estimate of drug-likeness (QED) is 0.151. The Morgan fingerprint density at radius 1 is 0.343 bits per heavy atom. The summed E-state index contributed by atoms with van der Waals surface area (Å²) >= 11 is 0. The SMILES string of the molecule is CCc1ccc(N(c2ccccc2)c2ccc3c4cc5c(cc4n4c6c(C(C)(C)C)cccc6c2c34)c2ccc(N(c3ccccc3)c3ccc(CC)cc3)c3c4cccc(C(C)(C)C)c4n5c23)cc1. The minimum absolute atomic E-state index is 0.105. The fourth-order valence-electron chi connectivity index (χ4n) is 12.0. The number of aromatic nitrogens is 2. The van der Waals surface area contributed by atoms with Gasteiger partial charge in [-0.3, -0.25) is 0 Å². The van der Waals surface area contributed by atoms with E-state index < -0.39 is 0 Å². The van der Waals surface area contributed by atoms with Crippen molar-refractivity contribution in [3.05, 3.63) is 204 Å². The molecule has 0 bridgehead atoms. The predicted molar refractivity (Wildman–Crippen MR) is 301 cm³/mol. The molecule has 4 heteroatoms. The number of hydrogen-bond acceptors (Lipinski definition) is 2. The lowest BCUT2D eigenvalue weighted by atomic mass is 9.85. The van der Waals surface area contributed by atoms with E-state index in [1.54, 1.807) is 0 Å². The highest BCUT2D eigenvalue weighted by atomic mass is 15.2. The van der Waals surface area contributed by atoms with Crippen molar-refractivity contribution in [3.8, 4) is 0 Å². The van der Waals surface area contributed by atoms with Crippen LogP contribution in [0, 0.1) is 0 Å².